The predicted octanol–water partition coefficient (Wildman–Crippen LogP) is 2.80. The minimum atomic E-state index is -0.992. The van der Waals surface area contributed by atoms with Gasteiger partial charge in [-0.1, -0.05) is 31.0 Å². The third-order valence-corrected chi connectivity index (χ3v) is 5.59. The lowest BCUT2D eigenvalue weighted by atomic mass is 9.76. The molecular weight excluding hydrogens is 232 g/mol. The average molecular weight is 248 g/mol. The highest BCUT2D eigenvalue weighted by atomic mass is 32.2. The maximum absolute atomic E-state index is 12.5. The minimum Gasteiger partial charge on any atom is -0.294 e. The van der Waals surface area contributed by atoms with Crippen LogP contribution in [0.2, 0.25) is 0 Å². The molecule has 0 saturated heterocycles. The lowest BCUT2D eigenvalue weighted by Crippen LogP contribution is -2.28. The molecule has 17 heavy (non-hydrogen) atoms. The Bertz CT molecular complexity index is 481. The number of benzene rings is 1. The molecular formula is C14H16O2S. The van der Waals surface area contributed by atoms with E-state index in [1.165, 1.54) is 6.42 Å². The van der Waals surface area contributed by atoms with Crippen LogP contribution >= 0.6 is 0 Å². The van der Waals surface area contributed by atoms with E-state index < -0.39 is 10.8 Å². The minimum absolute atomic E-state index is 0.122. The third-order valence-electron chi connectivity index (χ3n) is 4.01. The first-order valence-corrected chi connectivity index (χ1v) is 7.61. The molecule has 3 atom stereocenters. The molecule has 1 aliphatic carbocycles. The van der Waals surface area contributed by atoms with Gasteiger partial charge >= 0.3 is 0 Å². The quantitative estimate of drug-likeness (QED) is 0.707. The summed E-state index contributed by atoms with van der Waals surface area (Å²) in [6.07, 6.45) is 4.37. The highest BCUT2D eigenvalue weighted by Crippen LogP contribution is 2.37. The maximum atomic E-state index is 12.5. The molecule has 3 heteroatoms. The van der Waals surface area contributed by atoms with Crippen LogP contribution in [-0.4, -0.2) is 15.7 Å². The molecule has 0 N–H and O–H groups in total. The van der Waals surface area contributed by atoms with Gasteiger partial charge < -0.3 is 0 Å². The van der Waals surface area contributed by atoms with E-state index in [1.807, 2.05) is 24.3 Å². The first kappa shape index (κ1) is 11.1. The molecule has 1 aromatic carbocycles. The molecule has 0 bridgehead atoms. The summed E-state index contributed by atoms with van der Waals surface area (Å²) < 4.78 is 12.3. The van der Waals surface area contributed by atoms with Crippen molar-refractivity contribution in [3.63, 3.8) is 0 Å². The summed E-state index contributed by atoms with van der Waals surface area (Å²) >= 11 is 0. The summed E-state index contributed by atoms with van der Waals surface area (Å²) in [4.78, 5) is 13.2. The maximum Gasteiger partial charge on any atom is 0.167 e. The highest BCUT2D eigenvalue weighted by molar-refractivity contribution is 7.85. The largest absolute Gasteiger partial charge is 0.294 e. The number of Topliss-reactive ketones (excluding diaryl/α,β-unsaturated/α-hetero) is 1. The molecule has 0 amide bonds. The Balaban J connectivity index is 2.08. The lowest BCUT2D eigenvalue weighted by molar-refractivity contribution is 0.0840. The molecule has 0 spiro atoms. The second kappa shape index (κ2) is 4.37. The van der Waals surface area contributed by atoms with Gasteiger partial charge in [0.2, 0.25) is 0 Å². The third kappa shape index (κ3) is 1.86. The second-order valence-electron chi connectivity index (χ2n) is 5.02. The van der Waals surface area contributed by atoms with Crippen LogP contribution in [0.25, 0.3) is 0 Å². The number of carbonyl (C=O) groups excluding carboxylic acids is 1. The van der Waals surface area contributed by atoms with E-state index in [0.717, 1.165) is 24.2 Å². The molecule has 1 unspecified atom stereocenters. The zero-order valence-electron chi connectivity index (χ0n) is 9.72. The summed E-state index contributed by atoms with van der Waals surface area (Å²) in [6, 6.07) is 7.43. The van der Waals surface area contributed by atoms with Crippen LogP contribution in [0.15, 0.2) is 29.2 Å². The van der Waals surface area contributed by atoms with E-state index in [2.05, 4.69) is 0 Å². The predicted molar refractivity (Wildman–Crippen MR) is 67.5 cm³/mol. The SMILES string of the molecule is O=C1c2ccccc2S(=O)C[C@H]2CCCC[C@@H]12. The van der Waals surface area contributed by atoms with Gasteiger partial charge in [-0.25, -0.2) is 0 Å². The monoisotopic (exact) mass is 248 g/mol. The van der Waals surface area contributed by atoms with Crippen LogP contribution in [-0.2, 0) is 10.8 Å². The number of hydrogen-bond donors (Lipinski definition) is 0. The van der Waals surface area contributed by atoms with Gasteiger partial charge in [0, 0.05) is 22.1 Å². The zero-order valence-corrected chi connectivity index (χ0v) is 10.5. The van der Waals surface area contributed by atoms with Gasteiger partial charge in [-0.3, -0.25) is 9.00 Å². The van der Waals surface area contributed by atoms with Crippen LogP contribution in [0.5, 0.6) is 0 Å². The van der Waals surface area contributed by atoms with Crippen molar-refractivity contribution in [2.24, 2.45) is 11.8 Å². The number of ketones is 1. The second-order valence-corrected chi connectivity index (χ2v) is 6.49. The van der Waals surface area contributed by atoms with Crippen molar-refractivity contribution < 1.29 is 9.00 Å². The smallest absolute Gasteiger partial charge is 0.167 e. The van der Waals surface area contributed by atoms with Crippen LogP contribution in [0, 0.1) is 11.8 Å². The van der Waals surface area contributed by atoms with Gasteiger partial charge in [-0.2, -0.15) is 0 Å². The number of carbonyl (C=O) groups is 1. The van der Waals surface area contributed by atoms with Crippen molar-refractivity contribution in [3.05, 3.63) is 29.8 Å². The van der Waals surface area contributed by atoms with Gasteiger partial charge in [-0.05, 0) is 24.8 Å². The molecule has 90 valence electrons. The van der Waals surface area contributed by atoms with E-state index in [1.54, 1.807) is 0 Å². The molecule has 0 aromatic heterocycles. The fourth-order valence-electron chi connectivity index (χ4n) is 3.11. The van der Waals surface area contributed by atoms with Gasteiger partial charge in [0.1, 0.15) is 0 Å². The summed E-state index contributed by atoms with van der Waals surface area (Å²) in [5, 5.41) is 0. The first-order valence-electron chi connectivity index (χ1n) is 6.29. The standard InChI is InChI=1S/C14H16O2S/c15-14-11-6-2-1-5-10(11)9-17(16)13-8-4-3-7-12(13)14/h3-4,7-8,10-11H,1-2,5-6,9H2/t10-,11-,17?/m1/s1. The van der Waals surface area contributed by atoms with Crippen molar-refractivity contribution in [2.45, 2.75) is 30.6 Å². The van der Waals surface area contributed by atoms with Crippen LogP contribution < -0.4 is 0 Å². The van der Waals surface area contributed by atoms with E-state index in [-0.39, 0.29) is 11.7 Å². The summed E-state index contributed by atoms with van der Waals surface area (Å²) in [5.74, 6) is 1.37. The fourth-order valence-corrected chi connectivity index (χ4v) is 4.72. The highest BCUT2D eigenvalue weighted by Gasteiger charge is 2.36. The van der Waals surface area contributed by atoms with Crippen LogP contribution in [0.3, 0.4) is 0 Å². The Morgan fingerprint density at radius 2 is 1.88 bits per heavy atom. The van der Waals surface area contributed by atoms with Crippen molar-refractivity contribution in [1.29, 1.82) is 0 Å². The van der Waals surface area contributed by atoms with Crippen LogP contribution in [0.4, 0.5) is 0 Å². The van der Waals surface area contributed by atoms with E-state index in [4.69, 9.17) is 0 Å². The molecule has 2 aliphatic rings. The van der Waals surface area contributed by atoms with Crippen molar-refractivity contribution >= 4 is 16.6 Å². The molecule has 3 rings (SSSR count). The number of fused-ring (bicyclic) bond motifs is 2. The molecule has 0 radical (unpaired) electrons. The molecule has 1 aromatic rings. The van der Waals surface area contributed by atoms with Gasteiger partial charge in [-0.15, -0.1) is 0 Å². The van der Waals surface area contributed by atoms with Gasteiger partial charge in [0.15, 0.2) is 5.78 Å². The Morgan fingerprint density at radius 3 is 2.76 bits per heavy atom. The van der Waals surface area contributed by atoms with E-state index in [9.17, 15) is 9.00 Å². The van der Waals surface area contributed by atoms with Crippen molar-refractivity contribution in [3.8, 4) is 0 Å². The molecule has 1 saturated carbocycles. The Morgan fingerprint density at radius 1 is 1.12 bits per heavy atom. The van der Waals surface area contributed by atoms with Crippen LogP contribution in [0.1, 0.15) is 36.0 Å². The molecule has 1 heterocycles. The van der Waals surface area contributed by atoms with Crippen molar-refractivity contribution in [1.82, 2.24) is 0 Å². The first-order chi connectivity index (χ1) is 8.27. The Labute approximate surface area is 104 Å². The summed E-state index contributed by atoms with van der Waals surface area (Å²) in [5.41, 5.74) is 0.709. The van der Waals surface area contributed by atoms with E-state index >= 15 is 0 Å². The van der Waals surface area contributed by atoms with Gasteiger partial charge in [0.25, 0.3) is 0 Å². The zero-order chi connectivity index (χ0) is 11.8. The normalized spacial score (nSPS) is 32.5. The molecule has 2 nitrogen and oxygen atoms in total. The Hall–Kier alpha value is -0.960. The Kier molecular flexibility index (Phi) is 2.87. The molecule has 1 fully saturated rings. The lowest BCUT2D eigenvalue weighted by Gasteiger charge is -2.27. The van der Waals surface area contributed by atoms with Crippen molar-refractivity contribution in [2.75, 3.05) is 5.75 Å². The topological polar surface area (TPSA) is 34.1 Å². The molecule has 1 aliphatic heterocycles. The number of hydrogen-bond acceptors (Lipinski definition) is 2. The fraction of sp³-hybridized carbons (Fsp3) is 0.500. The number of rotatable bonds is 0. The average Bonchev–Trinajstić information content (AvgIpc) is 2.48. The summed E-state index contributed by atoms with van der Waals surface area (Å²) in [7, 11) is -0.992. The summed E-state index contributed by atoms with van der Waals surface area (Å²) in [6.45, 7) is 0. The van der Waals surface area contributed by atoms with E-state index in [0.29, 0.717) is 17.2 Å². The van der Waals surface area contributed by atoms with Gasteiger partial charge in [0.05, 0.1) is 10.8 Å².